The van der Waals surface area contributed by atoms with E-state index in [0.717, 1.165) is 16.3 Å². The van der Waals surface area contributed by atoms with Gasteiger partial charge in [-0.3, -0.25) is 9.59 Å². The Morgan fingerprint density at radius 1 is 0.885 bits per heavy atom. The normalized spacial score (nSPS) is 10.7. The monoisotopic (exact) mass is 365 g/mol. The van der Waals surface area contributed by atoms with Crippen LogP contribution in [0.3, 0.4) is 0 Å². The minimum atomic E-state index is -0.199. The highest BCUT2D eigenvalue weighted by Crippen LogP contribution is 2.21. The smallest absolute Gasteiger partial charge is 0.224 e. The predicted octanol–water partition coefficient (Wildman–Crippen LogP) is 5.71. The second kappa shape index (κ2) is 7.71. The summed E-state index contributed by atoms with van der Waals surface area (Å²) in [5.41, 5.74) is 3.41. The van der Waals surface area contributed by atoms with E-state index < -0.39 is 0 Å². The summed E-state index contributed by atoms with van der Waals surface area (Å²) < 4.78 is 0. The Labute approximate surface area is 158 Å². The maximum absolute atomic E-state index is 12.4. The Bertz CT molecular complexity index is 995. The lowest BCUT2D eigenvalue weighted by molar-refractivity contribution is -0.116. The predicted molar refractivity (Wildman–Crippen MR) is 107 cm³/mol. The summed E-state index contributed by atoms with van der Waals surface area (Å²) in [5.74, 6) is -0.237. The Balaban J connectivity index is 1.61. The summed E-state index contributed by atoms with van der Waals surface area (Å²) >= 11 is 6.06. The van der Waals surface area contributed by atoms with Crippen molar-refractivity contribution in [2.45, 2.75) is 26.7 Å². The first kappa shape index (κ1) is 18.2. The first-order chi connectivity index (χ1) is 12.4. The van der Waals surface area contributed by atoms with Gasteiger partial charge in [-0.15, -0.1) is 0 Å². The van der Waals surface area contributed by atoms with E-state index in [1.54, 1.807) is 12.1 Å². The number of aryl methyl sites for hydroxylation is 2. The third-order valence-electron chi connectivity index (χ3n) is 4.35. The maximum atomic E-state index is 12.4. The number of nitrogens with one attached hydrogen (secondary N) is 1. The van der Waals surface area contributed by atoms with E-state index in [2.05, 4.69) is 11.4 Å². The van der Waals surface area contributed by atoms with Crippen molar-refractivity contribution in [1.29, 1.82) is 0 Å². The van der Waals surface area contributed by atoms with Gasteiger partial charge in [0.2, 0.25) is 5.91 Å². The van der Waals surface area contributed by atoms with Gasteiger partial charge in [-0.1, -0.05) is 53.6 Å². The topological polar surface area (TPSA) is 46.2 Å². The molecule has 0 aliphatic heterocycles. The molecule has 0 atom stereocenters. The molecule has 0 heterocycles. The molecule has 3 aromatic carbocycles. The number of amides is 1. The van der Waals surface area contributed by atoms with Crippen molar-refractivity contribution in [3.63, 3.8) is 0 Å². The number of rotatable bonds is 5. The molecule has 4 heteroatoms. The van der Waals surface area contributed by atoms with Gasteiger partial charge in [0.1, 0.15) is 0 Å². The molecule has 0 aliphatic carbocycles. The van der Waals surface area contributed by atoms with Gasteiger partial charge >= 0.3 is 0 Å². The molecule has 0 saturated carbocycles. The van der Waals surface area contributed by atoms with Gasteiger partial charge in [0.25, 0.3) is 0 Å². The quantitative estimate of drug-likeness (QED) is 0.588. The molecule has 1 N–H and O–H groups in total. The van der Waals surface area contributed by atoms with Crippen LogP contribution in [0, 0.1) is 13.8 Å². The molecule has 3 rings (SSSR count). The van der Waals surface area contributed by atoms with Crippen LogP contribution in [0.5, 0.6) is 0 Å². The van der Waals surface area contributed by atoms with Crippen molar-refractivity contribution >= 4 is 39.8 Å². The van der Waals surface area contributed by atoms with E-state index in [4.69, 9.17) is 11.6 Å². The van der Waals surface area contributed by atoms with Crippen molar-refractivity contribution in [2.75, 3.05) is 5.32 Å². The molecule has 0 saturated heterocycles. The highest BCUT2D eigenvalue weighted by Gasteiger charge is 2.11. The van der Waals surface area contributed by atoms with E-state index in [-0.39, 0.29) is 24.5 Å². The van der Waals surface area contributed by atoms with Gasteiger partial charge in [-0.05, 0) is 48.4 Å². The molecule has 0 aliphatic rings. The molecule has 0 unspecified atom stereocenters. The van der Waals surface area contributed by atoms with E-state index in [9.17, 15) is 9.59 Å². The van der Waals surface area contributed by atoms with E-state index >= 15 is 0 Å². The number of benzene rings is 3. The molecule has 26 heavy (non-hydrogen) atoms. The van der Waals surface area contributed by atoms with Crippen molar-refractivity contribution in [3.05, 3.63) is 76.3 Å². The van der Waals surface area contributed by atoms with Crippen LogP contribution in [-0.2, 0) is 4.79 Å². The zero-order valence-corrected chi connectivity index (χ0v) is 15.6. The number of halogens is 1. The number of hydrogen-bond acceptors (Lipinski definition) is 2. The molecular formula is C22H20ClNO2. The standard InChI is InChI=1S/C22H20ClNO2/c1-14-3-5-17-12-18(7-6-16(17)11-14)21(25)9-10-22(26)24-19-8-4-15(2)20(23)13-19/h3-8,11-13H,9-10H2,1-2H3,(H,24,26). The molecule has 3 nitrogen and oxygen atoms in total. The van der Waals surface area contributed by atoms with Gasteiger partial charge in [0.15, 0.2) is 5.78 Å². The van der Waals surface area contributed by atoms with Crippen LogP contribution in [0.2, 0.25) is 5.02 Å². The van der Waals surface area contributed by atoms with Gasteiger partial charge in [0.05, 0.1) is 0 Å². The number of carbonyl (C=O) groups is 2. The minimum absolute atomic E-state index is 0.0374. The second-order valence-corrected chi connectivity index (χ2v) is 6.91. The minimum Gasteiger partial charge on any atom is -0.326 e. The van der Waals surface area contributed by atoms with Crippen molar-refractivity contribution in [3.8, 4) is 0 Å². The maximum Gasteiger partial charge on any atom is 0.224 e. The van der Waals surface area contributed by atoms with Crippen molar-refractivity contribution < 1.29 is 9.59 Å². The third kappa shape index (κ3) is 4.30. The molecule has 0 spiro atoms. The number of ketones is 1. The van der Waals surface area contributed by atoms with Gasteiger partial charge in [-0.25, -0.2) is 0 Å². The SMILES string of the molecule is Cc1ccc2cc(C(=O)CCC(=O)Nc3ccc(C)c(Cl)c3)ccc2c1. The van der Waals surface area contributed by atoms with Crippen LogP contribution in [0.4, 0.5) is 5.69 Å². The van der Waals surface area contributed by atoms with Crippen LogP contribution in [0.25, 0.3) is 10.8 Å². The summed E-state index contributed by atoms with van der Waals surface area (Å²) in [5, 5.41) is 5.51. The van der Waals surface area contributed by atoms with Crippen molar-refractivity contribution in [1.82, 2.24) is 0 Å². The lowest BCUT2D eigenvalue weighted by Crippen LogP contribution is -2.13. The van der Waals surface area contributed by atoms with Crippen LogP contribution >= 0.6 is 11.6 Å². The third-order valence-corrected chi connectivity index (χ3v) is 4.76. The van der Waals surface area contributed by atoms with Gasteiger partial charge < -0.3 is 5.32 Å². The zero-order chi connectivity index (χ0) is 18.7. The summed E-state index contributed by atoms with van der Waals surface area (Å²) in [6.45, 7) is 3.94. The Hall–Kier alpha value is -2.65. The Morgan fingerprint density at radius 3 is 2.38 bits per heavy atom. The average Bonchev–Trinajstić information content (AvgIpc) is 2.62. The largest absolute Gasteiger partial charge is 0.326 e. The molecule has 0 bridgehead atoms. The fourth-order valence-corrected chi connectivity index (χ4v) is 2.98. The molecular weight excluding hydrogens is 346 g/mol. The highest BCUT2D eigenvalue weighted by atomic mass is 35.5. The number of Topliss-reactive ketones (excluding diaryl/α,β-unsaturated/α-hetero) is 1. The summed E-state index contributed by atoms with van der Waals surface area (Å²) in [4.78, 5) is 24.5. The first-order valence-electron chi connectivity index (χ1n) is 8.52. The zero-order valence-electron chi connectivity index (χ0n) is 14.8. The molecule has 0 radical (unpaired) electrons. The van der Waals surface area contributed by atoms with Crippen LogP contribution in [-0.4, -0.2) is 11.7 Å². The van der Waals surface area contributed by atoms with Gasteiger partial charge in [-0.2, -0.15) is 0 Å². The summed E-state index contributed by atoms with van der Waals surface area (Å²) in [6, 6.07) is 17.1. The lowest BCUT2D eigenvalue weighted by Gasteiger charge is -2.07. The summed E-state index contributed by atoms with van der Waals surface area (Å²) in [6.07, 6.45) is 0.305. The van der Waals surface area contributed by atoms with E-state index in [1.165, 1.54) is 5.56 Å². The fraction of sp³-hybridized carbons (Fsp3) is 0.182. The molecule has 1 amide bonds. The first-order valence-corrected chi connectivity index (χ1v) is 8.90. The van der Waals surface area contributed by atoms with Crippen LogP contribution in [0.1, 0.15) is 34.3 Å². The Kier molecular flexibility index (Phi) is 5.38. The summed E-state index contributed by atoms with van der Waals surface area (Å²) in [7, 11) is 0. The average molecular weight is 366 g/mol. The number of fused-ring (bicyclic) bond motifs is 1. The second-order valence-electron chi connectivity index (χ2n) is 6.50. The molecule has 3 aromatic rings. The number of anilines is 1. The fourth-order valence-electron chi connectivity index (χ4n) is 2.80. The van der Waals surface area contributed by atoms with Crippen molar-refractivity contribution in [2.24, 2.45) is 0 Å². The number of hydrogen-bond donors (Lipinski definition) is 1. The van der Waals surface area contributed by atoms with E-state index in [0.29, 0.717) is 16.3 Å². The molecule has 0 fully saturated rings. The van der Waals surface area contributed by atoms with Gasteiger partial charge in [0, 0.05) is 29.1 Å². The highest BCUT2D eigenvalue weighted by molar-refractivity contribution is 6.31. The lowest BCUT2D eigenvalue weighted by atomic mass is 10.0. The van der Waals surface area contributed by atoms with Crippen LogP contribution < -0.4 is 5.32 Å². The van der Waals surface area contributed by atoms with Crippen LogP contribution in [0.15, 0.2) is 54.6 Å². The number of carbonyl (C=O) groups excluding carboxylic acids is 2. The van der Waals surface area contributed by atoms with E-state index in [1.807, 2.05) is 50.2 Å². The molecule has 132 valence electrons. The molecule has 0 aromatic heterocycles. The Morgan fingerprint density at radius 2 is 1.62 bits per heavy atom.